The summed E-state index contributed by atoms with van der Waals surface area (Å²) in [7, 11) is 6.52. The van der Waals surface area contributed by atoms with Crippen LogP contribution in [-0.2, 0) is 64.0 Å². The van der Waals surface area contributed by atoms with Crippen LogP contribution in [0, 0.1) is 10.8 Å². The van der Waals surface area contributed by atoms with Gasteiger partial charge in [-0.2, -0.15) is 0 Å². The molecule has 3 aromatic carbocycles. The summed E-state index contributed by atoms with van der Waals surface area (Å²) in [4.78, 5) is 89.2. The van der Waals surface area contributed by atoms with Crippen molar-refractivity contribution in [1.82, 2.24) is 41.7 Å². The van der Waals surface area contributed by atoms with Crippen LogP contribution in [0.5, 0.6) is 0 Å². The third kappa shape index (κ3) is 14.9. The minimum atomic E-state index is -0.977. The Morgan fingerprint density at radius 3 is 1.49 bits per heavy atom. The molecule has 16 heteroatoms. The summed E-state index contributed by atoms with van der Waals surface area (Å²) in [6.07, 6.45) is 1.52. The number of benzene rings is 3. The van der Waals surface area contributed by atoms with Gasteiger partial charge in [-0.1, -0.05) is 120 Å². The van der Waals surface area contributed by atoms with Crippen LogP contribution >= 0.6 is 0 Å². The molecule has 0 saturated carbocycles. The van der Waals surface area contributed by atoms with Gasteiger partial charge in [-0.3, -0.25) is 28.8 Å². The Hall–Kier alpha value is -5.68. The number of hydrogen-bond acceptors (Lipinski definition) is 10. The smallest absolute Gasteiger partial charge is 0.246 e. The number of carbonyl (C=O) groups excluding carboxylic acids is 6. The predicted octanol–water partition coefficient (Wildman–Crippen LogP) is 3.65. The maximum absolute atomic E-state index is 15.1. The number of methoxy groups -OCH3 is 2. The predicted molar refractivity (Wildman–Crippen MR) is 275 cm³/mol. The fourth-order valence-corrected chi connectivity index (χ4v) is 9.42. The van der Waals surface area contributed by atoms with Gasteiger partial charge in [0, 0.05) is 39.6 Å². The number of nitrogens with one attached hydrogen (secondary N) is 6. The summed E-state index contributed by atoms with van der Waals surface area (Å²) in [5.41, 5.74) is 3.15. The van der Waals surface area contributed by atoms with Gasteiger partial charge in [0.1, 0.15) is 24.2 Å². The van der Waals surface area contributed by atoms with Crippen LogP contribution in [0.15, 0.2) is 78.9 Å². The second kappa shape index (κ2) is 25.1. The van der Waals surface area contributed by atoms with Gasteiger partial charge >= 0.3 is 0 Å². The van der Waals surface area contributed by atoms with E-state index in [0.29, 0.717) is 12.8 Å². The van der Waals surface area contributed by atoms with E-state index in [0.717, 1.165) is 27.8 Å². The minimum absolute atomic E-state index is 0.0665. The lowest BCUT2D eigenvalue weighted by Gasteiger charge is -2.41. The van der Waals surface area contributed by atoms with Gasteiger partial charge in [0.15, 0.2) is 0 Å². The SMILES string of the molecule is CN[C@@H](C)C(=O)N[C@H](C(=O)N1Cc2cc([C@H]3C[C@@H](C(=O)N[C@H](COC)Cc4ccccc4)N(C(=O)[C@@H](NC(=O)[C@H](C)NC)C(C)(C)C)C3)ccc2C[C@H]1C(=O)N[C@H](COC)Cc1ccccc1)C(C)(C)C. The lowest BCUT2D eigenvalue weighted by molar-refractivity contribution is -0.147. The van der Waals surface area contributed by atoms with Crippen LogP contribution in [0.25, 0.3) is 0 Å². The fourth-order valence-electron chi connectivity index (χ4n) is 9.42. The fraction of sp³-hybridized carbons (Fsp3) is 0.564. The molecule has 6 amide bonds. The summed E-state index contributed by atoms with van der Waals surface area (Å²) >= 11 is 0. The number of rotatable bonds is 21. The Balaban J connectivity index is 1.53. The van der Waals surface area contributed by atoms with E-state index in [-0.39, 0.29) is 86.7 Å². The first-order chi connectivity index (χ1) is 33.6. The van der Waals surface area contributed by atoms with Gasteiger partial charge in [-0.15, -0.1) is 0 Å². The van der Waals surface area contributed by atoms with Crippen molar-refractivity contribution < 1.29 is 38.2 Å². The lowest BCUT2D eigenvalue weighted by atomic mass is 9.83. The molecule has 2 aliphatic rings. The molecular weight excluding hydrogens is 901 g/mol. The molecule has 2 heterocycles. The first-order valence-corrected chi connectivity index (χ1v) is 24.9. The minimum Gasteiger partial charge on any atom is -0.383 e. The molecule has 6 N–H and O–H groups in total. The number of likely N-dealkylation sites (N-methyl/N-ethyl adjacent to an activating group) is 2. The van der Waals surface area contributed by atoms with E-state index in [1.165, 1.54) is 0 Å². The molecule has 3 aromatic rings. The van der Waals surface area contributed by atoms with Crippen molar-refractivity contribution in [2.75, 3.05) is 48.1 Å². The maximum atomic E-state index is 15.1. The number of carbonyl (C=O) groups is 6. The summed E-state index contributed by atoms with van der Waals surface area (Å²) in [6.45, 7) is 15.5. The van der Waals surface area contributed by atoms with E-state index >= 15 is 4.79 Å². The molecule has 1 fully saturated rings. The molecule has 0 spiro atoms. The van der Waals surface area contributed by atoms with Crippen molar-refractivity contribution in [1.29, 1.82) is 0 Å². The molecule has 5 rings (SSSR count). The average molecular weight is 981 g/mol. The van der Waals surface area contributed by atoms with Crippen molar-refractivity contribution in [3.8, 4) is 0 Å². The molecule has 0 aromatic heterocycles. The Kier molecular flexibility index (Phi) is 19.9. The van der Waals surface area contributed by atoms with E-state index in [9.17, 15) is 24.0 Å². The van der Waals surface area contributed by atoms with Gasteiger partial charge in [-0.05, 0) is 85.9 Å². The highest BCUT2D eigenvalue weighted by atomic mass is 16.5. The standard InChI is InChI=1S/C55H80N8O8/c1-34(56-9)48(64)60-46(54(3,4)5)52(68)62-30-40-27-38(23-24-39(40)28-44(62)50(66)58-42(32-70-11)25-36-19-15-13-16-20-36)41-29-45(51(67)59-43(33-71-12)26-37-21-17-14-18-22-37)63(31-41)53(69)47(55(6,7)8)61-49(65)35(2)57-10/h13-24,27,34-35,41-47,56-57H,25-26,28-33H2,1-12H3,(H,58,66)(H,59,67)(H,60,64)(H,61,65)/t34-,35-,41-,42-,43-,44-,45-,46+,47+/m0/s1. The Labute approximate surface area is 421 Å². The number of hydrogen-bond donors (Lipinski definition) is 6. The van der Waals surface area contributed by atoms with Crippen LogP contribution in [-0.4, -0.2) is 142 Å². The second-order valence-electron chi connectivity index (χ2n) is 21.5. The zero-order chi connectivity index (χ0) is 52.2. The largest absolute Gasteiger partial charge is 0.383 e. The van der Waals surface area contributed by atoms with Gasteiger partial charge < -0.3 is 51.2 Å². The van der Waals surface area contributed by atoms with Crippen molar-refractivity contribution in [2.24, 2.45) is 10.8 Å². The van der Waals surface area contributed by atoms with E-state index in [4.69, 9.17) is 9.47 Å². The molecule has 16 nitrogen and oxygen atoms in total. The molecule has 0 aliphatic carbocycles. The van der Waals surface area contributed by atoms with Gasteiger partial charge in [-0.25, -0.2) is 0 Å². The summed E-state index contributed by atoms with van der Waals surface area (Å²) in [5.74, 6) is -2.42. The first kappa shape index (κ1) is 56.2. The summed E-state index contributed by atoms with van der Waals surface area (Å²) < 4.78 is 11.1. The highest BCUT2D eigenvalue weighted by Gasteiger charge is 2.47. The number of ether oxygens (including phenoxy) is 2. The lowest BCUT2D eigenvalue weighted by Crippen LogP contribution is -2.62. The van der Waals surface area contributed by atoms with Crippen LogP contribution in [0.3, 0.4) is 0 Å². The van der Waals surface area contributed by atoms with E-state index < -0.39 is 53.0 Å². The Morgan fingerprint density at radius 1 is 0.606 bits per heavy atom. The first-order valence-electron chi connectivity index (χ1n) is 24.9. The van der Waals surface area contributed by atoms with Crippen molar-refractivity contribution in [3.63, 3.8) is 0 Å². The molecule has 388 valence electrons. The van der Waals surface area contributed by atoms with Crippen molar-refractivity contribution >= 4 is 35.4 Å². The molecule has 9 atom stereocenters. The molecule has 71 heavy (non-hydrogen) atoms. The molecule has 2 aliphatic heterocycles. The Bertz CT molecular complexity index is 2280. The quantitative estimate of drug-likeness (QED) is 0.0917. The Morgan fingerprint density at radius 2 is 1.06 bits per heavy atom. The van der Waals surface area contributed by atoms with Crippen LogP contribution in [0.2, 0.25) is 0 Å². The second-order valence-corrected chi connectivity index (χ2v) is 21.5. The maximum Gasteiger partial charge on any atom is 0.246 e. The van der Waals surface area contributed by atoms with E-state index in [1.54, 1.807) is 52.0 Å². The summed E-state index contributed by atoms with van der Waals surface area (Å²) in [5, 5.41) is 18.3. The van der Waals surface area contributed by atoms with Crippen molar-refractivity contribution in [3.05, 3.63) is 107 Å². The van der Waals surface area contributed by atoms with Crippen molar-refractivity contribution in [2.45, 2.75) is 142 Å². The monoisotopic (exact) mass is 981 g/mol. The zero-order valence-corrected chi connectivity index (χ0v) is 44.0. The van der Waals surface area contributed by atoms with E-state index in [2.05, 4.69) is 31.9 Å². The van der Waals surface area contributed by atoms with E-state index in [1.807, 2.05) is 120 Å². The number of likely N-dealkylation sites (tertiary alicyclic amines) is 1. The van der Waals surface area contributed by atoms with Gasteiger partial charge in [0.05, 0.1) is 37.4 Å². The molecular formula is C55H80N8O8. The number of nitrogens with zero attached hydrogens (tertiary/aromatic N) is 2. The number of amides is 6. The van der Waals surface area contributed by atoms with Crippen LogP contribution < -0.4 is 31.9 Å². The molecule has 0 unspecified atom stereocenters. The molecule has 0 bridgehead atoms. The van der Waals surface area contributed by atoms with Gasteiger partial charge in [0.2, 0.25) is 35.4 Å². The van der Waals surface area contributed by atoms with Crippen LogP contribution in [0.1, 0.15) is 95.5 Å². The zero-order valence-electron chi connectivity index (χ0n) is 44.0. The summed E-state index contributed by atoms with van der Waals surface area (Å²) in [6, 6.07) is 20.0. The third-order valence-corrected chi connectivity index (χ3v) is 13.8. The number of fused-ring (bicyclic) bond motifs is 1. The third-order valence-electron chi connectivity index (χ3n) is 13.8. The average Bonchev–Trinajstić information content (AvgIpc) is 3.79. The van der Waals surface area contributed by atoms with Crippen LogP contribution in [0.4, 0.5) is 0 Å². The topological polar surface area (TPSA) is 200 Å². The molecule has 0 radical (unpaired) electrons. The van der Waals surface area contributed by atoms with Gasteiger partial charge in [0.25, 0.3) is 0 Å². The molecule has 1 saturated heterocycles. The highest BCUT2D eigenvalue weighted by molar-refractivity contribution is 5.95. The normalized spacial score (nSPS) is 19.6. The highest BCUT2D eigenvalue weighted by Crippen LogP contribution is 2.37.